The van der Waals surface area contributed by atoms with Crippen LogP contribution in [-0.2, 0) is 9.84 Å². The Bertz CT molecular complexity index is 551. The maximum Gasteiger partial charge on any atom is 0.255 e. The Hall–Kier alpha value is -1.69. The molecule has 1 aliphatic heterocycles. The summed E-state index contributed by atoms with van der Waals surface area (Å²) in [5, 5.41) is 1.16. The summed E-state index contributed by atoms with van der Waals surface area (Å²) in [4.78, 5) is 17.3. The maximum absolute atomic E-state index is 12.0. The normalized spacial score (nSPS) is 21.4. The van der Waals surface area contributed by atoms with Gasteiger partial charge in [-0.1, -0.05) is 0 Å². The Kier molecular flexibility index (Phi) is 2.97. The van der Waals surface area contributed by atoms with E-state index in [4.69, 9.17) is 0 Å². The van der Waals surface area contributed by atoms with Gasteiger partial charge in [-0.3, -0.25) is 9.78 Å². The summed E-state index contributed by atoms with van der Waals surface area (Å²) in [5.74, 6) is -0.278. The summed E-state index contributed by atoms with van der Waals surface area (Å²) in [6.45, 7) is 0. The minimum Gasteiger partial charge on any atom is -0.334 e. The van der Waals surface area contributed by atoms with Gasteiger partial charge >= 0.3 is 0 Å². The fraction of sp³-hybridized carbons (Fsp3) is 0.273. The summed E-state index contributed by atoms with van der Waals surface area (Å²) < 4.78 is 22.5. The predicted octanol–water partition coefficient (Wildman–Crippen LogP) is 0.464. The summed E-state index contributed by atoms with van der Waals surface area (Å²) in [7, 11) is -1.56. The van der Waals surface area contributed by atoms with Gasteiger partial charge in [-0.2, -0.15) is 0 Å². The zero-order valence-corrected chi connectivity index (χ0v) is 10.1. The van der Waals surface area contributed by atoms with Crippen molar-refractivity contribution in [3.63, 3.8) is 0 Å². The zero-order valence-electron chi connectivity index (χ0n) is 9.28. The first-order valence-electron chi connectivity index (χ1n) is 5.08. The Morgan fingerprint density at radius 1 is 1.53 bits per heavy atom. The molecule has 1 unspecified atom stereocenters. The van der Waals surface area contributed by atoms with E-state index in [1.807, 2.05) is 0 Å². The average Bonchev–Trinajstić information content (AvgIpc) is 2.69. The van der Waals surface area contributed by atoms with Crippen LogP contribution >= 0.6 is 0 Å². The molecule has 0 aliphatic carbocycles. The first-order valence-corrected chi connectivity index (χ1v) is 6.79. The number of sulfone groups is 1. The van der Waals surface area contributed by atoms with Crippen molar-refractivity contribution in [3.8, 4) is 0 Å². The van der Waals surface area contributed by atoms with E-state index < -0.39 is 15.9 Å². The quantitative estimate of drug-likeness (QED) is 0.767. The molecule has 0 fully saturated rings. The van der Waals surface area contributed by atoms with Gasteiger partial charge in [-0.15, -0.1) is 0 Å². The van der Waals surface area contributed by atoms with E-state index in [1.54, 1.807) is 25.4 Å². The van der Waals surface area contributed by atoms with E-state index in [0.29, 0.717) is 5.56 Å². The second kappa shape index (κ2) is 4.29. The van der Waals surface area contributed by atoms with E-state index in [2.05, 4.69) is 4.98 Å². The second-order valence-corrected chi connectivity index (χ2v) is 5.81. The topological polar surface area (TPSA) is 67.3 Å². The van der Waals surface area contributed by atoms with Gasteiger partial charge in [-0.25, -0.2) is 8.42 Å². The monoisotopic (exact) mass is 252 g/mol. The van der Waals surface area contributed by atoms with Crippen molar-refractivity contribution in [2.24, 2.45) is 0 Å². The van der Waals surface area contributed by atoms with Crippen molar-refractivity contribution in [3.05, 3.63) is 41.6 Å². The Labute approximate surface area is 99.7 Å². The number of nitrogens with zero attached hydrogens (tertiary/aromatic N) is 2. The first kappa shape index (κ1) is 11.8. The van der Waals surface area contributed by atoms with E-state index >= 15 is 0 Å². The fourth-order valence-corrected chi connectivity index (χ4v) is 2.99. The number of rotatable bonds is 2. The SMILES string of the molecule is CN(C(=O)c1cccnc1)C1C=CS(=O)(=O)C1. The van der Waals surface area contributed by atoms with Crippen LogP contribution in [0.3, 0.4) is 0 Å². The van der Waals surface area contributed by atoms with Gasteiger partial charge in [0.25, 0.3) is 5.91 Å². The number of hydrogen-bond acceptors (Lipinski definition) is 4. The zero-order chi connectivity index (χ0) is 12.5. The largest absolute Gasteiger partial charge is 0.334 e. The summed E-state index contributed by atoms with van der Waals surface area (Å²) in [5.41, 5.74) is 0.452. The van der Waals surface area contributed by atoms with Crippen molar-refractivity contribution < 1.29 is 13.2 Å². The van der Waals surface area contributed by atoms with Gasteiger partial charge in [0.2, 0.25) is 0 Å². The highest BCUT2D eigenvalue weighted by Gasteiger charge is 2.28. The number of carbonyl (C=O) groups excluding carboxylic acids is 1. The predicted molar refractivity (Wildman–Crippen MR) is 63.0 cm³/mol. The van der Waals surface area contributed by atoms with Gasteiger partial charge in [-0.05, 0) is 18.2 Å². The molecule has 0 spiro atoms. The van der Waals surface area contributed by atoms with E-state index in [0.717, 1.165) is 5.41 Å². The van der Waals surface area contributed by atoms with Crippen LogP contribution in [0.15, 0.2) is 36.0 Å². The highest BCUT2D eigenvalue weighted by atomic mass is 32.2. The number of amides is 1. The Morgan fingerprint density at radius 2 is 2.29 bits per heavy atom. The van der Waals surface area contributed by atoms with Crippen LogP contribution in [0.5, 0.6) is 0 Å². The molecule has 1 aromatic rings. The molecule has 0 aromatic carbocycles. The molecule has 2 rings (SSSR count). The molecule has 1 atom stereocenters. The molecule has 1 amide bonds. The van der Waals surface area contributed by atoms with Crippen LogP contribution in [0.2, 0.25) is 0 Å². The summed E-state index contributed by atoms with van der Waals surface area (Å²) in [6.07, 6.45) is 4.58. The van der Waals surface area contributed by atoms with Crippen molar-refractivity contribution in [2.75, 3.05) is 12.8 Å². The van der Waals surface area contributed by atoms with Gasteiger partial charge in [0.05, 0.1) is 17.4 Å². The lowest BCUT2D eigenvalue weighted by molar-refractivity contribution is 0.0772. The minimum absolute atomic E-state index is 0.0461. The molecule has 6 heteroatoms. The van der Waals surface area contributed by atoms with E-state index in [1.165, 1.54) is 17.2 Å². The van der Waals surface area contributed by atoms with Gasteiger partial charge < -0.3 is 4.90 Å². The highest BCUT2D eigenvalue weighted by Crippen LogP contribution is 2.15. The fourth-order valence-electron chi connectivity index (χ4n) is 1.64. The van der Waals surface area contributed by atoms with Crippen LogP contribution in [0.25, 0.3) is 0 Å². The van der Waals surface area contributed by atoms with Crippen molar-refractivity contribution in [1.82, 2.24) is 9.88 Å². The smallest absolute Gasteiger partial charge is 0.255 e. The third-order valence-corrected chi connectivity index (χ3v) is 4.02. The van der Waals surface area contributed by atoms with Gasteiger partial charge in [0, 0.05) is 24.8 Å². The highest BCUT2D eigenvalue weighted by molar-refractivity contribution is 7.94. The molecule has 17 heavy (non-hydrogen) atoms. The average molecular weight is 252 g/mol. The van der Waals surface area contributed by atoms with Gasteiger partial charge in [0.15, 0.2) is 9.84 Å². The molecular weight excluding hydrogens is 240 g/mol. The van der Waals surface area contributed by atoms with Crippen LogP contribution < -0.4 is 0 Å². The Morgan fingerprint density at radius 3 is 2.82 bits per heavy atom. The van der Waals surface area contributed by atoms with Crippen LogP contribution in [0.1, 0.15) is 10.4 Å². The van der Waals surface area contributed by atoms with Crippen molar-refractivity contribution >= 4 is 15.7 Å². The molecule has 2 heterocycles. The van der Waals surface area contributed by atoms with Crippen LogP contribution in [0.4, 0.5) is 0 Å². The summed E-state index contributed by atoms with van der Waals surface area (Å²) in [6, 6.07) is 2.93. The second-order valence-electron chi connectivity index (χ2n) is 3.88. The number of likely N-dealkylation sites (N-methyl/N-ethyl adjacent to an activating group) is 1. The molecule has 0 saturated carbocycles. The number of hydrogen-bond donors (Lipinski definition) is 0. The third kappa shape index (κ3) is 2.52. The molecule has 90 valence electrons. The standard InChI is InChI=1S/C11H12N2O3S/c1-13(10-4-6-17(15,16)8-10)11(14)9-3-2-5-12-7-9/h2-7,10H,8H2,1H3. The molecule has 0 saturated heterocycles. The Balaban J connectivity index is 2.15. The van der Waals surface area contributed by atoms with E-state index in [-0.39, 0.29) is 11.7 Å². The summed E-state index contributed by atoms with van der Waals surface area (Å²) >= 11 is 0. The minimum atomic E-state index is -3.15. The lowest BCUT2D eigenvalue weighted by atomic mass is 10.2. The number of pyridine rings is 1. The van der Waals surface area contributed by atoms with Gasteiger partial charge in [0.1, 0.15) is 0 Å². The lowest BCUT2D eigenvalue weighted by Crippen LogP contribution is -2.37. The first-order chi connectivity index (χ1) is 7.99. The molecule has 0 N–H and O–H groups in total. The lowest BCUT2D eigenvalue weighted by Gasteiger charge is -2.22. The maximum atomic E-state index is 12.0. The molecule has 1 aromatic heterocycles. The number of aromatic nitrogens is 1. The molecule has 0 radical (unpaired) electrons. The molecule has 0 bridgehead atoms. The van der Waals surface area contributed by atoms with Crippen molar-refractivity contribution in [2.45, 2.75) is 6.04 Å². The van der Waals surface area contributed by atoms with Crippen molar-refractivity contribution in [1.29, 1.82) is 0 Å². The molecule has 1 aliphatic rings. The molecule has 5 nitrogen and oxygen atoms in total. The van der Waals surface area contributed by atoms with Crippen LogP contribution in [-0.4, -0.2) is 43.1 Å². The van der Waals surface area contributed by atoms with Crippen LogP contribution in [0, 0.1) is 0 Å². The number of carbonyl (C=O) groups is 1. The third-order valence-electron chi connectivity index (χ3n) is 2.64. The van der Waals surface area contributed by atoms with E-state index in [9.17, 15) is 13.2 Å². The molecular formula is C11H12N2O3S.